The number of rotatable bonds is 25. The van der Waals surface area contributed by atoms with Gasteiger partial charge in [-0.25, -0.2) is 34.9 Å². The summed E-state index contributed by atoms with van der Waals surface area (Å²) in [6.07, 6.45) is 0. The molecule has 30 nitrogen and oxygen atoms in total. The van der Waals surface area contributed by atoms with Crippen LogP contribution in [0.4, 0.5) is 45.5 Å². The third kappa shape index (κ3) is 15.6. The zero-order valence-electron chi connectivity index (χ0n) is 35.0. The minimum absolute atomic E-state index is 0.0399. The van der Waals surface area contributed by atoms with E-state index in [0.29, 0.717) is 12.0 Å². The summed E-state index contributed by atoms with van der Waals surface area (Å²) >= 11 is 0.512. The first-order valence-electron chi connectivity index (χ1n) is 18.2. The summed E-state index contributed by atoms with van der Waals surface area (Å²) in [6, 6.07) is 9.18. The van der Waals surface area contributed by atoms with Crippen molar-refractivity contribution in [1.82, 2.24) is 0 Å². The van der Waals surface area contributed by atoms with Gasteiger partial charge in [0.2, 0.25) is 0 Å². The van der Waals surface area contributed by atoms with Gasteiger partial charge in [-0.3, -0.25) is 13.7 Å². The van der Waals surface area contributed by atoms with Gasteiger partial charge in [0.15, 0.2) is 19.7 Å². The molecular formula is C33H37N9O21S6. The summed E-state index contributed by atoms with van der Waals surface area (Å²) in [5, 5.41) is 34.1. The van der Waals surface area contributed by atoms with Crippen molar-refractivity contribution < 1.29 is 92.7 Å². The van der Waals surface area contributed by atoms with E-state index >= 15 is 0 Å². The van der Waals surface area contributed by atoms with Crippen LogP contribution in [0.25, 0.3) is 0 Å². The van der Waals surface area contributed by atoms with Gasteiger partial charge in [0, 0.05) is 11.4 Å². The molecule has 0 aliphatic carbocycles. The Morgan fingerprint density at radius 2 is 1.06 bits per heavy atom. The van der Waals surface area contributed by atoms with Gasteiger partial charge in [0.25, 0.3) is 10.1 Å². The van der Waals surface area contributed by atoms with Crippen molar-refractivity contribution in [1.29, 1.82) is 0 Å². The lowest BCUT2D eigenvalue weighted by atomic mass is 10.1. The van der Waals surface area contributed by atoms with Crippen molar-refractivity contribution in [2.75, 3.05) is 63.6 Å². The van der Waals surface area contributed by atoms with Crippen molar-refractivity contribution in [2.24, 2.45) is 36.4 Å². The van der Waals surface area contributed by atoms with E-state index in [0.717, 1.165) is 62.8 Å². The molecule has 0 saturated carbocycles. The lowest BCUT2D eigenvalue weighted by Crippen LogP contribution is -2.15. The van der Waals surface area contributed by atoms with Gasteiger partial charge in [0.05, 0.1) is 78.8 Å². The summed E-state index contributed by atoms with van der Waals surface area (Å²) in [5.41, 5.74) is 11.8. The van der Waals surface area contributed by atoms with Crippen LogP contribution in [0.5, 0.6) is 11.5 Å². The molecule has 0 aromatic heterocycles. The molecule has 4 aromatic rings. The third-order valence-corrected chi connectivity index (χ3v) is 14.0. The van der Waals surface area contributed by atoms with Crippen LogP contribution in [0.3, 0.4) is 0 Å². The van der Waals surface area contributed by atoms with Gasteiger partial charge < -0.3 is 31.8 Å². The molecule has 4 rings (SSSR count). The molecule has 0 aliphatic heterocycles. The average molecular weight is 1090 g/mol. The molecule has 36 heteroatoms. The fraction of sp³-hybridized carbons (Fsp3) is 0.242. The van der Waals surface area contributed by atoms with Gasteiger partial charge in [-0.15, -0.1) is 30.7 Å². The van der Waals surface area contributed by atoms with Crippen LogP contribution in [0, 0.1) is 0 Å². The van der Waals surface area contributed by atoms with Crippen LogP contribution in [-0.4, -0.2) is 119 Å². The maximum atomic E-state index is 13.1. The highest BCUT2D eigenvalue weighted by molar-refractivity contribution is 7.94. The highest BCUT2D eigenvalue weighted by atomic mass is 32.3. The third-order valence-electron chi connectivity index (χ3n) is 8.26. The predicted molar refractivity (Wildman–Crippen MR) is 238 cm³/mol. The number of hydrogen-bond donors (Lipinski definition) is 7. The second-order valence-electron chi connectivity index (χ2n) is 12.8. The Morgan fingerprint density at radius 1 is 0.609 bits per heavy atom. The molecule has 0 bridgehead atoms. The van der Waals surface area contributed by atoms with E-state index in [1.54, 1.807) is 0 Å². The van der Waals surface area contributed by atoms with E-state index in [9.17, 15) is 56.5 Å². The maximum absolute atomic E-state index is 13.1. The number of carboxylic acid groups (broad SMARTS) is 1. The van der Waals surface area contributed by atoms with E-state index in [2.05, 4.69) is 39.1 Å². The standard InChI is InChI=1S/C33H37N9O21S6/c1-58-24-7-4-19(65(45,46)13-11-61-68(52,53)54)16-22(24)38-41-31-27(33(43)44)30(40-37-21-6-3-18(64-63-60-10-9-34)15-26(21)67(49,50)51)28(35)32(29(31)36)42-39-23-17-20(5-8-25(23)59-2)66(47,48)14-12-62-69(55,56)57/h3-8,15-17H,9-14,34-36H2,1-2H3,(H,43,44)(H,49,50,51)(H,52,53,54)(H,55,56,57)/b40-37?,41-38?,42-39-. The Bertz CT molecular complexity index is 3260. The zero-order chi connectivity index (χ0) is 51.5. The Balaban J connectivity index is 1.99. The number of sulfone groups is 2. The zero-order valence-corrected chi connectivity index (χ0v) is 39.9. The van der Waals surface area contributed by atoms with Crippen molar-refractivity contribution in [2.45, 2.75) is 19.6 Å². The molecule has 0 unspecified atom stereocenters. The minimum atomic E-state index is -5.12. The quantitative estimate of drug-likeness (QED) is 0.00931. The smallest absolute Gasteiger partial charge is 0.397 e. The van der Waals surface area contributed by atoms with Crippen LogP contribution in [0.2, 0.25) is 0 Å². The number of carbonyl (C=O) groups is 1. The van der Waals surface area contributed by atoms with Crippen molar-refractivity contribution in [3.63, 3.8) is 0 Å². The van der Waals surface area contributed by atoms with E-state index in [1.165, 1.54) is 6.07 Å². The highest BCUT2D eigenvalue weighted by Gasteiger charge is 2.28. The van der Waals surface area contributed by atoms with Gasteiger partial charge >= 0.3 is 26.8 Å². The first-order valence-corrected chi connectivity index (χ1v) is 26.4. The van der Waals surface area contributed by atoms with Crippen LogP contribution in [0.15, 0.2) is 105 Å². The SMILES string of the molecule is COc1ccc(S(=O)(=O)CCOS(=O)(=O)O)cc1N=Nc1c(N)c(/N=N\c2cc(S(=O)(=O)CCOS(=O)(=O)O)ccc2OC)c(N)c(N=Nc2ccc(SOOCCN)cc2S(=O)(=O)O)c1C(=O)O. The van der Waals surface area contributed by atoms with Crippen molar-refractivity contribution in [3.05, 3.63) is 60.2 Å². The van der Waals surface area contributed by atoms with Crippen molar-refractivity contribution in [3.8, 4) is 11.5 Å². The topological polar surface area (TPSA) is 476 Å². The summed E-state index contributed by atoms with van der Waals surface area (Å²) < 4.78 is 172. The first kappa shape index (κ1) is 55.7. The molecule has 376 valence electrons. The predicted octanol–water partition coefficient (Wildman–Crippen LogP) is 4.16. The number of methoxy groups -OCH3 is 2. The highest BCUT2D eigenvalue weighted by Crippen LogP contribution is 2.50. The van der Waals surface area contributed by atoms with Gasteiger partial charge in [0.1, 0.15) is 56.1 Å². The van der Waals surface area contributed by atoms with Crippen LogP contribution in [-0.2, 0) is 68.2 Å². The molecule has 0 fully saturated rings. The first-order chi connectivity index (χ1) is 32.1. The summed E-state index contributed by atoms with van der Waals surface area (Å²) in [7, 11) is -21.6. The molecule has 69 heavy (non-hydrogen) atoms. The summed E-state index contributed by atoms with van der Waals surface area (Å²) in [6.45, 7) is -1.96. The van der Waals surface area contributed by atoms with E-state index < -0.39 is 141 Å². The molecule has 0 radical (unpaired) electrons. The number of carboxylic acids is 1. The average Bonchev–Trinajstić information content (AvgIpc) is 3.25. The number of hydrogen-bond acceptors (Lipinski definition) is 27. The lowest BCUT2D eigenvalue weighted by molar-refractivity contribution is -0.187. The largest absolute Gasteiger partial charge is 0.494 e. The summed E-state index contributed by atoms with van der Waals surface area (Å²) in [4.78, 5) is 16.0. The van der Waals surface area contributed by atoms with E-state index in [4.69, 9.17) is 45.0 Å². The number of azo groups is 3. The van der Waals surface area contributed by atoms with E-state index in [-0.39, 0.29) is 35.2 Å². The second kappa shape index (κ2) is 23.2. The number of benzene rings is 4. The number of aromatic carboxylic acids is 1. The minimum Gasteiger partial charge on any atom is -0.494 e. The number of anilines is 2. The Labute approximate surface area is 396 Å². The molecule has 0 saturated heterocycles. The maximum Gasteiger partial charge on any atom is 0.397 e. The number of ether oxygens (including phenoxy) is 2. The molecular weight excluding hydrogens is 1050 g/mol. The van der Waals surface area contributed by atoms with Crippen LogP contribution < -0.4 is 26.7 Å². The van der Waals surface area contributed by atoms with Crippen LogP contribution in [0.1, 0.15) is 10.4 Å². The lowest BCUT2D eigenvalue weighted by Gasteiger charge is -2.14. The van der Waals surface area contributed by atoms with Gasteiger partial charge in [-0.1, -0.05) is 0 Å². The Morgan fingerprint density at radius 3 is 1.46 bits per heavy atom. The van der Waals surface area contributed by atoms with Crippen molar-refractivity contribution >= 4 is 114 Å². The summed E-state index contributed by atoms with van der Waals surface area (Å²) in [5.74, 6) is -4.16. The number of nitrogen functional groups attached to an aromatic ring is 2. The van der Waals surface area contributed by atoms with Gasteiger partial charge in [-0.2, -0.15) is 29.6 Å². The Kier molecular flexibility index (Phi) is 18.7. The monoisotopic (exact) mass is 1090 g/mol. The molecule has 0 aliphatic rings. The molecule has 0 heterocycles. The molecule has 10 N–H and O–H groups in total. The van der Waals surface area contributed by atoms with Gasteiger partial charge in [-0.05, 0) is 54.6 Å². The Hall–Kier alpha value is -5.87. The number of nitrogens with zero attached hydrogens (tertiary/aromatic N) is 6. The molecule has 0 spiro atoms. The number of nitrogens with two attached hydrogens (primary N) is 3. The molecule has 0 amide bonds. The van der Waals surface area contributed by atoms with E-state index in [1.807, 2.05) is 0 Å². The molecule has 0 atom stereocenters. The fourth-order valence-electron chi connectivity index (χ4n) is 5.18. The normalized spacial score (nSPS) is 12.9. The second-order valence-corrected chi connectivity index (χ2v) is 21.4. The fourth-order valence-corrected chi connectivity index (χ4v) is 9.39. The molecule has 4 aromatic carbocycles. The van der Waals surface area contributed by atoms with Crippen LogP contribution >= 0.6 is 12.0 Å².